The van der Waals surface area contributed by atoms with Crippen LogP contribution in [0.3, 0.4) is 0 Å². The van der Waals surface area contributed by atoms with Gasteiger partial charge in [-0.2, -0.15) is 0 Å². The Bertz CT molecular complexity index is 945. The van der Waals surface area contributed by atoms with Gasteiger partial charge in [0.2, 0.25) is 5.43 Å². The van der Waals surface area contributed by atoms with Gasteiger partial charge in [0, 0.05) is 36.1 Å². The standard InChI is InChI=1S/C20H23ClN2O4/c1-19(26)6-9-27-20(12-19)4-7-23(8-5-20)18(25)15-11-22-16-10-13(21)2-3-14(16)17(15)24/h2-3,10-11,26H,4-9,12H2,1H3,(H,22,24). The fourth-order valence-corrected chi connectivity index (χ4v) is 4.46. The van der Waals surface area contributed by atoms with Crippen LogP contribution in [-0.2, 0) is 4.74 Å². The van der Waals surface area contributed by atoms with E-state index in [0.717, 1.165) is 0 Å². The zero-order valence-electron chi connectivity index (χ0n) is 15.3. The van der Waals surface area contributed by atoms with Gasteiger partial charge in [0.05, 0.1) is 23.3 Å². The molecule has 2 aromatic rings. The lowest BCUT2D eigenvalue weighted by Crippen LogP contribution is -2.54. The number of H-pyrrole nitrogens is 1. The van der Waals surface area contributed by atoms with E-state index in [0.29, 0.717) is 61.3 Å². The number of aromatic amines is 1. The van der Waals surface area contributed by atoms with Gasteiger partial charge < -0.3 is 19.7 Å². The SMILES string of the molecule is CC1(O)CCOC2(CCN(C(=O)c3c[nH]c4cc(Cl)ccc4c3=O)CC2)C1. The smallest absolute Gasteiger partial charge is 0.259 e. The maximum atomic E-state index is 12.9. The molecule has 27 heavy (non-hydrogen) atoms. The number of carbonyl (C=O) groups excluding carboxylic acids is 1. The molecule has 2 aliphatic rings. The molecule has 1 amide bonds. The molecule has 4 rings (SSSR count). The lowest BCUT2D eigenvalue weighted by molar-refractivity contribution is -0.170. The van der Waals surface area contributed by atoms with Gasteiger partial charge in [-0.05, 0) is 44.4 Å². The van der Waals surface area contributed by atoms with Crippen molar-refractivity contribution in [1.29, 1.82) is 0 Å². The van der Waals surface area contributed by atoms with Crippen molar-refractivity contribution in [2.45, 2.75) is 43.8 Å². The summed E-state index contributed by atoms with van der Waals surface area (Å²) in [7, 11) is 0. The van der Waals surface area contributed by atoms with Crippen LogP contribution in [0.2, 0.25) is 5.02 Å². The number of aromatic nitrogens is 1. The number of pyridine rings is 1. The van der Waals surface area contributed by atoms with E-state index in [-0.39, 0.29) is 22.5 Å². The number of rotatable bonds is 1. The van der Waals surface area contributed by atoms with E-state index in [2.05, 4.69) is 4.98 Å². The normalized spacial score (nSPS) is 25.1. The van der Waals surface area contributed by atoms with E-state index in [1.54, 1.807) is 23.1 Å². The molecule has 0 aliphatic carbocycles. The van der Waals surface area contributed by atoms with Gasteiger partial charge in [0.1, 0.15) is 5.56 Å². The van der Waals surface area contributed by atoms with Crippen molar-refractivity contribution in [3.63, 3.8) is 0 Å². The number of halogens is 1. The maximum absolute atomic E-state index is 12.9. The first-order valence-corrected chi connectivity index (χ1v) is 9.63. The summed E-state index contributed by atoms with van der Waals surface area (Å²) in [6, 6.07) is 4.95. The monoisotopic (exact) mass is 390 g/mol. The van der Waals surface area contributed by atoms with Crippen LogP contribution in [0.15, 0.2) is 29.2 Å². The summed E-state index contributed by atoms with van der Waals surface area (Å²) >= 11 is 5.96. The van der Waals surface area contributed by atoms with Crippen LogP contribution < -0.4 is 5.43 Å². The Morgan fingerprint density at radius 2 is 2.04 bits per heavy atom. The summed E-state index contributed by atoms with van der Waals surface area (Å²) in [5, 5.41) is 11.4. The Morgan fingerprint density at radius 3 is 2.74 bits per heavy atom. The molecular weight excluding hydrogens is 368 g/mol. The average Bonchev–Trinajstić information content (AvgIpc) is 2.61. The lowest BCUT2D eigenvalue weighted by atomic mass is 9.78. The van der Waals surface area contributed by atoms with Crippen LogP contribution in [0.4, 0.5) is 0 Å². The lowest BCUT2D eigenvalue weighted by Gasteiger charge is -2.48. The fourth-order valence-electron chi connectivity index (χ4n) is 4.28. The highest BCUT2D eigenvalue weighted by Crippen LogP contribution is 2.39. The number of nitrogens with one attached hydrogen (secondary N) is 1. The maximum Gasteiger partial charge on any atom is 0.259 e. The summed E-state index contributed by atoms with van der Waals surface area (Å²) in [6.07, 6.45) is 4.01. The fraction of sp³-hybridized carbons (Fsp3) is 0.500. The molecule has 1 spiro atoms. The molecule has 1 aromatic carbocycles. The van der Waals surface area contributed by atoms with Crippen molar-refractivity contribution < 1.29 is 14.6 Å². The molecule has 0 radical (unpaired) electrons. The first-order chi connectivity index (χ1) is 12.8. The number of fused-ring (bicyclic) bond motifs is 1. The molecule has 0 bridgehead atoms. The first kappa shape index (κ1) is 18.5. The molecule has 1 unspecified atom stereocenters. The largest absolute Gasteiger partial charge is 0.390 e. The minimum atomic E-state index is -0.721. The van der Waals surface area contributed by atoms with Crippen molar-refractivity contribution in [1.82, 2.24) is 9.88 Å². The summed E-state index contributed by atoms with van der Waals surface area (Å²) in [4.78, 5) is 30.4. The van der Waals surface area contributed by atoms with E-state index >= 15 is 0 Å². The number of likely N-dealkylation sites (tertiary alicyclic amines) is 1. The topological polar surface area (TPSA) is 82.6 Å². The minimum Gasteiger partial charge on any atom is -0.390 e. The van der Waals surface area contributed by atoms with Crippen molar-refractivity contribution >= 4 is 28.4 Å². The molecule has 1 aromatic heterocycles. The third-order valence-electron chi connectivity index (χ3n) is 5.79. The number of hydrogen-bond acceptors (Lipinski definition) is 4. The van der Waals surface area contributed by atoms with E-state index in [1.807, 2.05) is 6.92 Å². The highest BCUT2D eigenvalue weighted by Gasteiger charge is 2.45. The van der Waals surface area contributed by atoms with Crippen LogP contribution in [0.5, 0.6) is 0 Å². The summed E-state index contributed by atoms with van der Waals surface area (Å²) < 4.78 is 5.99. The number of nitrogens with zero attached hydrogens (tertiary/aromatic N) is 1. The van der Waals surface area contributed by atoms with Gasteiger partial charge in [0.25, 0.3) is 5.91 Å². The van der Waals surface area contributed by atoms with Gasteiger partial charge in [-0.1, -0.05) is 11.6 Å². The molecule has 2 saturated heterocycles. The Hall–Kier alpha value is -1.89. The predicted molar refractivity (Wildman–Crippen MR) is 103 cm³/mol. The van der Waals surface area contributed by atoms with E-state index < -0.39 is 5.60 Å². The molecule has 144 valence electrons. The van der Waals surface area contributed by atoms with Crippen LogP contribution in [-0.4, -0.2) is 51.8 Å². The summed E-state index contributed by atoms with van der Waals surface area (Å²) in [5.41, 5.74) is -0.633. The third-order valence-corrected chi connectivity index (χ3v) is 6.02. The molecule has 3 heterocycles. The molecule has 2 N–H and O–H groups in total. The second-order valence-corrected chi connectivity index (χ2v) is 8.41. The minimum absolute atomic E-state index is 0.136. The number of piperidine rings is 1. The van der Waals surface area contributed by atoms with Gasteiger partial charge in [0.15, 0.2) is 0 Å². The van der Waals surface area contributed by atoms with Gasteiger partial charge >= 0.3 is 0 Å². The van der Waals surface area contributed by atoms with Crippen LogP contribution >= 0.6 is 11.6 Å². The summed E-state index contributed by atoms with van der Waals surface area (Å²) in [5.74, 6) is -0.273. The van der Waals surface area contributed by atoms with E-state index in [1.165, 1.54) is 6.20 Å². The van der Waals surface area contributed by atoms with Crippen molar-refractivity contribution in [2.75, 3.05) is 19.7 Å². The van der Waals surface area contributed by atoms with Crippen molar-refractivity contribution in [2.24, 2.45) is 0 Å². The highest BCUT2D eigenvalue weighted by atomic mass is 35.5. The average molecular weight is 391 g/mol. The van der Waals surface area contributed by atoms with Gasteiger partial charge in [-0.25, -0.2) is 0 Å². The van der Waals surface area contributed by atoms with E-state index in [9.17, 15) is 14.7 Å². The highest BCUT2D eigenvalue weighted by molar-refractivity contribution is 6.31. The first-order valence-electron chi connectivity index (χ1n) is 9.25. The molecule has 6 nitrogen and oxygen atoms in total. The summed E-state index contributed by atoms with van der Waals surface area (Å²) in [6.45, 7) is 3.39. The van der Waals surface area contributed by atoms with Crippen LogP contribution in [0, 0.1) is 0 Å². The number of ether oxygens (including phenoxy) is 1. The number of carbonyl (C=O) groups is 1. The Morgan fingerprint density at radius 1 is 1.30 bits per heavy atom. The molecule has 0 saturated carbocycles. The Labute approximate surface area is 162 Å². The molecule has 2 aliphatic heterocycles. The predicted octanol–water partition coefficient (Wildman–Crippen LogP) is 2.72. The van der Waals surface area contributed by atoms with Crippen molar-refractivity contribution in [3.8, 4) is 0 Å². The third kappa shape index (κ3) is 3.49. The molecule has 2 fully saturated rings. The zero-order valence-corrected chi connectivity index (χ0v) is 16.0. The van der Waals surface area contributed by atoms with Crippen molar-refractivity contribution in [3.05, 3.63) is 45.2 Å². The molecule has 1 atom stereocenters. The number of amides is 1. The molecular formula is C20H23ClN2O4. The zero-order chi connectivity index (χ0) is 19.2. The second kappa shape index (κ2) is 6.62. The Kier molecular flexibility index (Phi) is 4.53. The van der Waals surface area contributed by atoms with Gasteiger partial charge in [-0.15, -0.1) is 0 Å². The number of benzene rings is 1. The quantitative estimate of drug-likeness (QED) is 0.784. The number of aliphatic hydroxyl groups is 1. The van der Waals surface area contributed by atoms with Crippen LogP contribution in [0.25, 0.3) is 10.9 Å². The van der Waals surface area contributed by atoms with E-state index in [4.69, 9.17) is 16.3 Å². The Balaban J connectivity index is 1.53. The number of hydrogen-bond donors (Lipinski definition) is 2. The molecule has 7 heteroatoms. The van der Waals surface area contributed by atoms with Crippen LogP contribution in [0.1, 0.15) is 43.0 Å². The second-order valence-electron chi connectivity index (χ2n) is 7.97. The van der Waals surface area contributed by atoms with Gasteiger partial charge in [-0.3, -0.25) is 9.59 Å².